The molecule has 0 aliphatic carbocycles. The van der Waals surface area contributed by atoms with E-state index in [-0.39, 0.29) is 5.91 Å². The number of nitrogens with zero attached hydrogens (tertiary/aromatic N) is 3. The fraction of sp³-hybridized carbons (Fsp3) is 0.0800. The van der Waals surface area contributed by atoms with Crippen LogP contribution in [0.3, 0.4) is 0 Å². The Balaban J connectivity index is 1.54. The predicted molar refractivity (Wildman–Crippen MR) is 119 cm³/mol. The molecule has 5 aromatic rings. The molecule has 1 N–H and O–H groups in total. The van der Waals surface area contributed by atoms with E-state index in [9.17, 15) is 18.0 Å². The Hall–Kier alpha value is -4.40. The van der Waals surface area contributed by atoms with Crippen LogP contribution >= 0.6 is 0 Å². The van der Waals surface area contributed by atoms with Gasteiger partial charge in [0, 0.05) is 30.7 Å². The average molecular weight is 462 g/mol. The smallest absolute Gasteiger partial charge is 0.416 e. The SMILES string of the molecule is O=C(NCc1ccncc1)c1cc2ccc(-c3ccc(C(F)(F)F)cc3)cn2c1-c1cocn1. The summed E-state index contributed by atoms with van der Waals surface area (Å²) in [4.78, 5) is 21.3. The Labute approximate surface area is 191 Å². The van der Waals surface area contributed by atoms with Gasteiger partial charge in [0.25, 0.3) is 5.91 Å². The van der Waals surface area contributed by atoms with E-state index < -0.39 is 11.7 Å². The first-order valence-electron chi connectivity index (χ1n) is 10.3. The summed E-state index contributed by atoms with van der Waals surface area (Å²) in [6.07, 6.45) is 3.37. The fourth-order valence-electron chi connectivity index (χ4n) is 3.73. The van der Waals surface area contributed by atoms with E-state index in [2.05, 4.69) is 15.3 Å². The number of fused-ring (bicyclic) bond motifs is 1. The van der Waals surface area contributed by atoms with Crippen LogP contribution < -0.4 is 5.32 Å². The van der Waals surface area contributed by atoms with Crippen LogP contribution in [-0.2, 0) is 12.7 Å². The molecule has 4 aromatic heterocycles. The van der Waals surface area contributed by atoms with Gasteiger partial charge in [-0.2, -0.15) is 13.2 Å². The summed E-state index contributed by atoms with van der Waals surface area (Å²) >= 11 is 0. The van der Waals surface area contributed by atoms with Gasteiger partial charge < -0.3 is 14.1 Å². The minimum atomic E-state index is -4.40. The summed E-state index contributed by atoms with van der Waals surface area (Å²) in [6, 6.07) is 13.9. The van der Waals surface area contributed by atoms with Crippen molar-refractivity contribution in [3.05, 3.63) is 103 Å². The molecule has 170 valence electrons. The van der Waals surface area contributed by atoms with E-state index in [1.54, 1.807) is 41.2 Å². The molecule has 0 radical (unpaired) electrons. The minimum Gasteiger partial charge on any atom is -0.451 e. The summed E-state index contributed by atoms with van der Waals surface area (Å²) in [5, 5.41) is 2.90. The van der Waals surface area contributed by atoms with E-state index in [0.717, 1.165) is 23.2 Å². The fourth-order valence-corrected chi connectivity index (χ4v) is 3.73. The van der Waals surface area contributed by atoms with Crippen molar-refractivity contribution in [2.24, 2.45) is 0 Å². The number of pyridine rings is 2. The molecule has 0 bridgehead atoms. The lowest BCUT2D eigenvalue weighted by molar-refractivity contribution is -0.137. The lowest BCUT2D eigenvalue weighted by Gasteiger charge is -2.09. The summed E-state index contributed by atoms with van der Waals surface area (Å²) in [6.45, 7) is 0.322. The number of aromatic nitrogens is 3. The molecule has 6 nitrogen and oxygen atoms in total. The topological polar surface area (TPSA) is 72.4 Å². The maximum absolute atomic E-state index is 13.1. The molecule has 0 aliphatic rings. The Bertz CT molecular complexity index is 1440. The van der Waals surface area contributed by atoms with Crippen LogP contribution in [0.25, 0.3) is 28.0 Å². The third kappa shape index (κ3) is 4.15. The van der Waals surface area contributed by atoms with Gasteiger partial charge in [-0.15, -0.1) is 0 Å². The standard InChI is InChI=1S/C25H17F3N4O2/c26-25(27,28)19-4-1-17(2-5-19)18-3-6-20-11-21(23(32(20)13-18)22-14-34-15-31-22)24(33)30-12-16-7-9-29-10-8-16/h1-11,13-15H,12H2,(H,30,33). The third-order valence-corrected chi connectivity index (χ3v) is 5.44. The van der Waals surface area contributed by atoms with Gasteiger partial charge in [0.05, 0.1) is 16.8 Å². The van der Waals surface area contributed by atoms with Crippen LogP contribution in [0.4, 0.5) is 13.2 Å². The Morgan fingerprint density at radius 2 is 1.74 bits per heavy atom. The number of hydrogen-bond acceptors (Lipinski definition) is 4. The first-order valence-corrected chi connectivity index (χ1v) is 10.3. The molecule has 0 unspecified atom stereocenters. The first-order chi connectivity index (χ1) is 16.4. The summed E-state index contributed by atoms with van der Waals surface area (Å²) in [5.74, 6) is -0.297. The Morgan fingerprint density at radius 1 is 1.00 bits per heavy atom. The third-order valence-electron chi connectivity index (χ3n) is 5.44. The van der Waals surface area contributed by atoms with Crippen molar-refractivity contribution >= 4 is 11.4 Å². The van der Waals surface area contributed by atoms with Crippen molar-refractivity contribution in [1.29, 1.82) is 0 Å². The van der Waals surface area contributed by atoms with E-state index in [1.807, 2.05) is 12.1 Å². The van der Waals surface area contributed by atoms with Gasteiger partial charge >= 0.3 is 6.18 Å². The van der Waals surface area contributed by atoms with Gasteiger partial charge in [-0.05, 0) is 53.1 Å². The van der Waals surface area contributed by atoms with E-state index >= 15 is 0 Å². The maximum Gasteiger partial charge on any atom is 0.416 e. The minimum absolute atomic E-state index is 0.297. The zero-order valence-corrected chi connectivity index (χ0v) is 17.6. The van der Waals surface area contributed by atoms with Gasteiger partial charge in [0.1, 0.15) is 12.0 Å². The molecule has 0 aliphatic heterocycles. The second-order valence-electron chi connectivity index (χ2n) is 7.61. The van der Waals surface area contributed by atoms with Crippen LogP contribution in [0.15, 0.2) is 90.3 Å². The van der Waals surface area contributed by atoms with Crippen molar-refractivity contribution in [1.82, 2.24) is 19.7 Å². The van der Waals surface area contributed by atoms with Crippen molar-refractivity contribution in [3.63, 3.8) is 0 Å². The highest BCUT2D eigenvalue weighted by atomic mass is 19.4. The molecule has 0 fully saturated rings. The number of carbonyl (C=O) groups excluding carboxylic acids is 1. The highest BCUT2D eigenvalue weighted by molar-refractivity contribution is 6.02. The Kier molecular flexibility index (Phi) is 5.37. The van der Waals surface area contributed by atoms with E-state index in [0.29, 0.717) is 34.6 Å². The van der Waals surface area contributed by atoms with E-state index in [1.165, 1.54) is 24.8 Å². The monoisotopic (exact) mass is 462 g/mol. The zero-order chi connectivity index (χ0) is 23.7. The van der Waals surface area contributed by atoms with Crippen molar-refractivity contribution in [3.8, 4) is 22.5 Å². The first kappa shape index (κ1) is 21.4. The summed E-state index contributed by atoms with van der Waals surface area (Å²) in [5.41, 5.74) is 3.58. The van der Waals surface area contributed by atoms with Crippen LogP contribution in [0.5, 0.6) is 0 Å². The summed E-state index contributed by atoms with van der Waals surface area (Å²) < 4.78 is 45.7. The highest BCUT2D eigenvalue weighted by Crippen LogP contribution is 2.32. The average Bonchev–Trinajstić information content (AvgIpc) is 3.50. The van der Waals surface area contributed by atoms with Crippen molar-refractivity contribution < 1.29 is 22.4 Å². The molecule has 1 amide bonds. The second kappa shape index (κ2) is 8.51. The molecule has 34 heavy (non-hydrogen) atoms. The highest BCUT2D eigenvalue weighted by Gasteiger charge is 2.30. The van der Waals surface area contributed by atoms with E-state index in [4.69, 9.17) is 4.42 Å². The number of nitrogens with one attached hydrogen (secondary N) is 1. The molecule has 4 heterocycles. The van der Waals surface area contributed by atoms with Crippen molar-refractivity contribution in [2.45, 2.75) is 12.7 Å². The predicted octanol–water partition coefficient (Wildman–Crippen LogP) is 5.61. The normalized spacial score (nSPS) is 11.6. The molecule has 0 saturated heterocycles. The largest absolute Gasteiger partial charge is 0.451 e. The van der Waals surface area contributed by atoms with Crippen LogP contribution in [0.2, 0.25) is 0 Å². The zero-order valence-electron chi connectivity index (χ0n) is 17.6. The number of halogens is 3. The maximum atomic E-state index is 13.1. The van der Waals surface area contributed by atoms with Gasteiger partial charge in [0.2, 0.25) is 0 Å². The van der Waals surface area contributed by atoms with Crippen LogP contribution in [0.1, 0.15) is 21.5 Å². The lowest BCUT2D eigenvalue weighted by atomic mass is 10.1. The van der Waals surface area contributed by atoms with Crippen LogP contribution in [0, 0.1) is 0 Å². The molecule has 1 aromatic carbocycles. The van der Waals surface area contributed by atoms with Crippen LogP contribution in [-0.4, -0.2) is 20.3 Å². The number of carbonyl (C=O) groups is 1. The van der Waals surface area contributed by atoms with Gasteiger partial charge in [0.15, 0.2) is 6.39 Å². The van der Waals surface area contributed by atoms with Crippen molar-refractivity contribution in [2.75, 3.05) is 0 Å². The van der Waals surface area contributed by atoms with Gasteiger partial charge in [-0.3, -0.25) is 9.78 Å². The van der Waals surface area contributed by atoms with Gasteiger partial charge in [-0.1, -0.05) is 18.2 Å². The Morgan fingerprint density at radius 3 is 2.41 bits per heavy atom. The molecule has 9 heteroatoms. The molecule has 0 spiro atoms. The number of oxazole rings is 1. The second-order valence-corrected chi connectivity index (χ2v) is 7.61. The number of rotatable bonds is 5. The number of hydrogen-bond donors (Lipinski definition) is 1. The quantitative estimate of drug-likeness (QED) is 0.369. The van der Waals surface area contributed by atoms with Gasteiger partial charge in [-0.25, -0.2) is 4.98 Å². The molecule has 5 rings (SSSR count). The molecule has 0 atom stereocenters. The number of amides is 1. The lowest BCUT2D eigenvalue weighted by Crippen LogP contribution is -2.23. The number of alkyl halides is 3. The summed E-state index contributed by atoms with van der Waals surface area (Å²) in [7, 11) is 0. The molecular weight excluding hydrogens is 445 g/mol. The number of benzene rings is 1. The molecule has 0 saturated carbocycles. The molecular formula is C25H17F3N4O2.